The summed E-state index contributed by atoms with van der Waals surface area (Å²) in [5, 5.41) is 7.35. The van der Waals surface area contributed by atoms with Gasteiger partial charge >= 0.3 is 24.4 Å². The average molecular weight is 595 g/mol. The molecule has 14 heteroatoms. The van der Waals surface area contributed by atoms with Crippen molar-refractivity contribution in [2.24, 2.45) is 17.3 Å². The van der Waals surface area contributed by atoms with E-state index in [1.165, 1.54) is 10.9 Å². The fourth-order valence-electron chi connectivity index (χ4n) is 4.69. The number of carbonyl (C=O) groups is 1. The van der Waals surface area contributed by atoms with Gasteiger partial charge in [-0.2, -0.15) is 35.5 Å². The Hall–Kier alpha value is -2.90. The molecule has 0 spiro atoms. The van der Waals surface area contributed by atoms with Gasteiger partial charge < -0.3 is 10.1 Å². The van der Waals surface area contributed by atoms with Gasteiger partial charge in [0.05, 0.1) is 16.7 Å². The van der Waals surface area contributed by atoms with Crippen LogP contribution in [0.2, 0.25) is 0 Å². The maximum absolute atomic E-state index is 13.4. The van der Waals surface area contributed by atoms with Crippen molar-refractivity contribution in [2.45, 2.75) is 86.1 Å². The second kappa shape index (κ2) is 14.1. The molecule has 2 aromatic rings. The number of rotatable bonds is 9. The molecule has 1 fully saturated rings. The van der Waals surface area contributed by atoms with E-state index in [1.54, 1.807) is 13.8 Å². The first-order valence-corrected chi connectivity index (χ1v) is 13.6. The van der Waals surface area contributed by atoms with Crippen molar-refractivity contribution < 1.29 is 39.9 Å². The third-order valence-corrected chi connectivity index (χ3v) is 7.17. The highest BCUT2D eigenvalue weighted by Crippen LogP contribution is 2.41. The van der Waals surface area contributed by atoms with Crippen molar-refractivity contribution in [1.82, 2.24) is 20.1 Å². The van der Waals surface area contributed by atoms with Gasteiger partial charge in [-0.05, 0) is 38.5 Å². The van der Waals surface area contributed by atoms with Crippen LogP contribution in [0.5, 0.6) is 5.75 Å². The van der Waals surface area contributed by atoms with Crippen LogP contribution in [-0.2, 0) is 24.5 Å². The largest absolute Gasteiger partial charge is 0.434 e. The quantitative estimate of drug-likeness (QED) is 0.363. The minimum absolute atomic E-state index is 0.0401. The first kappa shape index (κ1) is 33.3. The molecular formula is C26H35F5N4O4S. The lowest BCUT2D eigenvalue weighted by atomic mass is 9.83. The Balaban J connectivity index is 0.00000178. The Labute approximate surface area is 233 Å². The Bertz CT molecular complexity index is 1190. The maximum atomic E-state index is 13.4. The van der Waals surface area contributed by atoms with Crippen LogP contribution in [0, 0.1) is 24.2 Å². The molecule has 0 aromatic carbocycles. The van der Waals surface area contributed by atoms with Gasteiger partial charge in [-0.3, -0.25) is 14.5 Å². The van der Waals surface area contributed by atoms with E-state index in [4.69, 9.17) is 13.2 Å². The molecule has 224 valence electrons. The molecule has 0 saturated heterocycles. The number of nitrogens with zero attached hydrogens (tertiary/aromatic N) is 3. The fraction of sp³-hybridized carbons (Fsp3) is 0.654. The van der Waals surface area contributed by atoms with E-state index in [0.717, 1.165) is 45.6 Å². The number of hydrogen-bond donors (Lipinski definition) is 1. The predicted octanol–water partition coefficient (Wildman–Crippen LogP) is 5.89. The lowest BCUT2D eigenvalue weighted by molar-refractivity contribution is -0.211. The second-order valence-electron chi connectivity index (χ2n) is 10.7. The zero-order chi connectivity index (χ0) is 30.3. The number of alkyl halides is 5. The molecule has 1 aliphatic rings. The molecular weight excluding hydrogens is 559 g/mol. The summed E-state index contributed by atoms with van der Waals surface area (Å²) < 4.78 is 89.5. The lowest BCUT2D eigenvalue weighted by Crippen LogP contribution is -2.34. The summed E-state index contributed by atoms with van der Waals surface area (Å²) in [4.78, 5) is 17.1. The number of amides is 1. The molecule has 0 unspecified atom stereocenters. The Kier molecular flexibility index (Phi) is 11.8. The van der Waals surface area contributed by atoms with Gasteiger partial charge in [0.15, 0.2) is 5.69 Å². The van der Waals surface area contributed by atoms with Crippen molar-refractivity contribution in [1.29, 1.82) is 0 Å². The van der Waals surface area contributed by atoms with Crippen LogP contribution < -0.4 is 10.1 Å². The van der Waals surface area contributed by atoms with Gasteiger partial charge in [0.1, 0.15) is 5.75 Å². The maximum Gasteiger partial charge on any atom is 0.394 e. The van der Waals surface area contributed by atoms with Crippen LogP contribution >= 0.6 is 0 Å². The summed E-state index contributed by atoms with van der Waals surface area (Å²) in [6, 6.07) is 1.10. The first-order chi connectivity index (χ1) is 18.6. The van der Waals surface area contributed by atoms with Crippen LogP contribution in [-0.4, -0.2) is 48.4 Å². The highest BCUT2D eigenvalue weighted by molar-refractivity contribution is 7.51. The number of aryl methyl sites for hydroxylation is 1. The van der Waals surface area contributed by atoms with Crippen LogP contribution in [0.25, 0.3) is 11.3 Å². The zero-order valence-corrected chi connectivity index (χ0v) is 23.9. The van der Waals surface area contributed by atoms with Crippen molar-refractivity contribution in [3.8, 4) is 17.0 Å². The van der Waals surface area contributed by atoms with Gasteiger partial charge in [0.25, 0.3) is 5.91 Å². The number of halogens is 5. The van der Waals surface area contributed by atoms with Gasteiger partial charge in [0, 0.05) is 43.0 Å². The van der Waals surface area contributed by atoms with E-state index in [-0.39, 0.29) is 28.6 Å². The van der Waals surface area contributed by atoms with Crippen molar-refractivity contribution in [3.63, 3.8) is 0 Å². The molecule has 0 atom stereocenters. The van der Waals surface area contributed by atoms with E-state index in [0.29, 0.717) is 36.2 Å². The van der Waals surface area contributed by atoms with Gasteiger partial charge in [0.2, 0.25) is 0 Å². The molecule has 0 aliphatic heterocycles. The minimum atomic E-state index is -4.51. The molecule has 2 aromatic heterocycles. The molecule has 8 nitrogen and oxygen atoms in total. The molecule has 1 amide bonds. The molecule has 40 heavy (non-hydrogen) atoms. The number of ether oxygens (including phenoxy) is 1. The Morgan fingerprint density at radius 3 is 2.33 bits per heavy atom. The zero-order valence-electron chi connectivity index (χ0n) is 23.1. The number of nitrogens with one attached hydrogen (secondary N) is 1. The van der Waals surface area contributed by atoms with Gasteiger partial charge in [-0.15, -0.1) is 0 Å². The number of carbonyl (C=O) groups excluding carboxylic acids is 1. The molecule has 1 aliphatic carbocycles. The van der Waals surface area contributed by atoms with Crippen molar-refractivity contribution >= 4 is 17.5 Å². The molecule has 1 saturated carbocycles. The van der Waals surface area contributed by atoms with E-state index in [2.05, 4.69) is 22.3 Å². The van der Waals surface area contributed by atoms with Crippen LogP contribution in [0.4, 0.5) is 22.0 Å². The summed E-state index contributed by atoms with van der Waals surface area (Å²) >= 11 is -0.750. The molecule has 0 bridgehead atoms. The summed E-state index contributed by atoms with van der Waals surface area (Å²) in [5.41, 5.74) is -1.08. The second-order valence-corrected chi connectivity index (χ2v) is 10.8. The predicted molar refractivity (Wildman–Crippen MR) is 138 cm³/mol. The standard InChI is InChI=1S/C26H35F5N4O2.O2S/c1-6-35-22(16(3)21(34-35)23(36)33-13-17-9-7-15(2)8-10-17)19-14-32-18(11-20(19)37-24(27)28)12-25(4,5)26(29,30)31;1-3-2/h11,14-15,17,24H,6-10,12-13H2,1-5H3,(H,33,36);. The smallest absolute Gasteiger partial charge is 0.394 e. The monoisotopic (exact) mass is 594 g/mol. The SMILES string of the molecule is CCn1nc(C(=O)NCC2CCC(C)CC2)c(C)c1-c1cnc(CC(C)(C)C(F)(F)F)cc1OC(F)F.O=S=O. The normalized spacial score (nSPS) is 17.7. The van der Waals surface area contributed by atoms with Crippen LogP contribution in [0.15, 0.2) is 12.3 Å². The van der Waals surface area contributed by atoms with E-state index in [1.807, 2.05) is 0 Å². The third kappa shape index (κ3) is 8.55. The average Bonchev–Trinajstić information content (AvgIpc) is 3.19. The molecule has 3 rings (SSSR count). The fourth-order valence-corrected chi connectivity index (χ4v) is 4.69. The van der Waals surface area contributed by atoms with Crippen LogP contribution in [0.1, 0.15) is 75.1 Å². The summed E-state index contributed by atoms with van der Waals surface area (Å²) in [5.74, 6) is 0.412. The lowest BCUT2D eigenvalue weighted by Gasteiger charge is -2.27. The first-order valence-electron chi connectivity index (χ1n) is 12.9. The molecule has 2 heterocycles. The number of aromatic nitrogens is 3. The summed E-state index contributed by atoms with van der Waals surface area (Å²) in [6.45, 7) is 5.34. The molecule has 0 radical (unpaired) electrons. The highest BCUT2D eigenvalue weighted by Gasteiger charge is 2.47. The topological polar surface area (TPSA) is 103 Å². The Morgan fingerprint density at radius 1 is 1.20 bits per heavy atom. The highest BCUT2D eigenvalue weighted by atomic mass is 32.1. The molecule has 1 N–H and O–H groups in total. The Morgan fingerprint density at radius 2 is 1.80 bits per heavy atom. The third-order valence-electron chi connectivity index (χ3n) is 7.17. The van der Waals surface area contributed by atoms with E-state index in [9.17, 15) is 26.7 Å². The van der Waals surface area contributed by atoms with Crippen LogP contribution in [0.3, 0.4) is 0 Å². The van der Waals surface area contributed by atoms with E-state index < -0.39 is 36.2 Å². The number of pyridine rings is 1. The summed E-state index contributed by atoms with van der Waals surface area (Å²) in [6.07, 6.45) is 0.538. The number of hydrogen-bond acceptors (Lipinski definition) is 6. The van der Waals surface area contributed by atoms with E-state index >= 15 is 0 Å². The minimum Gasteiger partial charge on any atom is -0.434 e. The van der Waals surface area contributed by atoms with Crippen molar-refractivity contribution in [2.75, 3.05) is 6.54 Å². The van der Waals surface area contributed by atoms with Gasteiger partial charge in [-0.1, -0.05) is 33.6 Å². The van der Waals surface area contributed by atoms with Gasteiger partial charge in [-0.25, -0.2) is 0 Å². The van der Waals surface area contributed by atoms with Crippen molar-refractivity contribution in [3.05, 3.63) is 29.2 Å². The summed E-state index contributed by atoms with van der Waals surface area (Å²) in [7, 11) is 0.